The van der Waals surface area contributed by atoms with Gasteiger partial charge >= 0.3 is 5.97 Å². The van der Waals surface area contributed by atoms with Crippen LogP contribution in [0, 0.1) is 0 Å². The summed E-state index contributed by atoms with van der Waals surface area (Å²) < 4.78 is 5.46. The van der Waals surface area contributed by atoms with Crippen LogP contribution in [0.3, 0.4) is 0 Å². The summed E-state index contributed by atoms with van der Waals surface area (Å²) in [6.07, 6.45) is 0.785. The fourth-order valence-corrected chi connectivity index (χ4v) is 2.69. The Bertz CT molecular complexity index is 850. The first kappa shape index (κ1) is 19.9. The summed E-state index contributed by atoms with van der Waals surface area (Å²) in [5.41, 5.74) is 0.945. The molecule has 2 amide bonds. The maximum absolute atomic E-state index is 12.5. The van der Waals surface area contributed by atoms with E-state index in [4.69, 9.17) is 16.3 Å². The van der Waals surface area contributed by atoms with E-state index in [-0.39, 0.29) is 11.9 Å². The number of benzene rings is 2. The van der Waals surface area contributed by atoms with E-state index in [2.05, 4.69) is 10.6 Å². The molecule has 0 aromatic heterocycles. The molecule has 0 spiro atoms. The molecule has 6 nitrogen and oxygen atoms in total. The number of hydrogen-bond donors (Lipinski definition) is 2. The lowest BCUT2D eigenvalue weighted by molar-refractivity contribution is -0.158. The predicted molar refractivity (Wildman–Crippen MR) is 105 cm³/mol. The SMILES string of the molecule is C[C@H](NC(=O)c1ccc(Cl)cc1)C(=O)O[C@@H](C(=O)NC1CC1)c1ccccc1. The van der Waals surface area contributed by atoms with E-state index < -0.39 is 24.0 Å². The molecular weight excluding hydrogens is 380 g/mol. The lowest BCUT2D eigenvalue weighted by Gasteiger charge is -2.20. The maximum atomic E-state index is 12.5. The highest BCUT2D eigenvalue weighted by molar-refractivity contribution is 6.30. The zero-order chi connectivity index (χ0) is 20.1. The van der Waals surface area contributed by atoms with E-state index in [0.29, 0.717) is 16.1 Å². The van der Waals surface area contributed by atoms with E-state index in [0.717, 1.165) is 12.8 Å². The van der Waals surface area contributed by atoms with Gasteiger partial charge in [-0.2, -0.15) is 0 Å². The topological polar surface area (TPSA) is 84.5 Å². The van der Waals surface area contributed by atoms with Crippen molar-refractivity contribution < 1.29 is 19.1 Å². The molecule has 2 atom stereocenters. The van der Waals surface area contributed by atoms with Crippen molar-refractivity contribution in [2.75, 3.05) is 0 Å². The Morgan fingerprint density at radius 1 is 1.04 bits per heavy atom. The molecule has 0 heterocycles. The smallest absolute Gasteiger partial charge is 0.329 e. The third kappa shape index (κ3) is 5.33. The van der Waals surface area contributed by atoms with Crippen molar-refractivity contribution in [2.24, 2.45) is 0 Å². The predicted octanol–water partition coefficient (Wildman–Crippen LogP) is 3.02. The Hall–Kier alpha value is -2.86. The summed E-state index contributed by atoms with van der Waals surface area (Å²) in [4.78, 5) is 37.3. The minimum Gasteiger partial charge on any atom is -0.446 e. The molecule has 28 heavy (non-hydrogen) atoms. The van der Waals surface area contributed by atoms with Gasteiger partial charge in [-0.15, -0.1) is 0 Å². The number of amides is 2. The van der Waals surface area contributed by atoms with E-state index in [1.165, 1.54) is 6.92 Å². The van der Waals surface area contributed by atoms with E-state index in [1.54, 1.807) is 48.5 Å². The number of carbonyl (C=O) groups is 3. The summed E-state index contributed by atoms with van der Waals surface area (Å²) in [7, 11) is 0. The van der Waals surface area contributed by atoms with E-state index in [9.17, 15) is 14.4 Å². The summed E-state index contributed by atoms with van der Waals surface area (Å²) in [5.74, 6) is -1.49. The molecule has 7 heteroatoms. The molecule has 2 N–H and O–H groups in total. The van der Waals surface area contributed by atoms with Crippen LogP contribution in [-0.2, 0) is 14.3 Å². The van der Waals surface area contributed by atoms with Gasteiger partial charge in [-0.05, 0) is 44.0 Å². The van der Waals surface area contributed by atoms with Gasteiger partial charge in [0.05, 0.1) is 0 Å². The van der Waals surface area contributed by atoms with Crippen LogP contribution in [0.25, 0.3) is 0 Å². The number of carbonyl (C=O) groups excluding carboxylic acids is 3. The number of esters is 1. The third-order valence-electron chi connectivity index (χ3n) is 4.31. The second-order valence-electron chi connectivity index (χ2n) is 6.71. The average Bonchev–Trinajstić information content (AvgIpc) is 3.50. The van der Waals surface area contributed by atoms with Crippen LogP contribution in [0.1, 0.15) is 41.8 Å². The second kappa shape index (κ2) is 8.89. The third-order valence-corrected chi connectivity index (χ3v) is 4.56. The molecule has 146 valence electrons. The van der Waals surface area contributed by atoms with E-state index in [1.807, 2.05) is 6.07 Å². The van der Waals surface area contributed by atoms with Gasteiger partial charge in [-0.3, -0.25) is 9.59 Å². The summed E-state index contributed by atoms with van der Waals surface area (Å²) in [6, 6.07) is 14.3. The Balaban J connectivity index is 1.65. The fraction of sp³-hybridized carbons (Fsp3) is 0.286. The van der Waals surface area contributed by atoms with Crippen LogP contribution in [-0.4, -0.2) is 29.9 Å². The monoisotopic (exact) mass is 400 g/mol. The van der Waals surface area contributed by atoms with Crippen molar-refractivity contribution >= 4 is 29.4 Å². The van der Waals surface area contributed by atoms with Gasteiger partial charge in [0.2, 0.25) is 6.10 Å². The zero-order valence-electron chi connectivity index (χ0n) is 15.4. The van der Waals surface area contributed by atoms with Crippen LogP contribution in [0.5, 0.6) is 0 Å². The molecule has 0 bridgehead atoms. The van der Waals surface area contributed by atoms with Gasteiger partial charge in [0.1, 0.15) is 6.04 Å². The minimum absolute atomic E-state index is 0.138. The molecule has 3 rings (SSSR count). The molecule has 0 unspecified atom stereocenters. The van der Waals surface area contributed by atoms with Gasteiger partial charge in [0, 0.05) is 22.2 Å². The normalized spacial score (nSPS) is 15.2. The Labute approximate surface area is 168 Å². The Kier molecular flexibility index (Phi) is 6.31. The summed E-state index contributed by atoms with van der Waals surface area (Å²) in [6.45, 7) is 1.51. The lowest BCUT2D eigenvalue weighted by Crippen LogP contribution is -2.42. The molecule has 0 saturated heterocycles. The van der Waals surface area contributed by atoms with Gasteiger partial charge in [0.15, 0.2) is 0 Å². The number of rotatable bonds is 7. The van der Waals surface area contributed by atoms with Crippen molar-refractivity contribution in [1.82, 2.24) is 10.6 Å². The van der Waals surface area contributed by atoms with Crippen molar-refractivity contribution in [3.05, 3.63) is 70.7 Å². The second-order valence-corrected chi connectivity index (χ2v) is 7.15. The van der Waals surface area contributed by atoms with Crippen molar-refractivity contribution in [2.45, 2.75) is 38.0 Å². The molecule has 0 radical (unpaired) electrons. The highest BCUT2D eigenvalue weighted by Crippen LogP contribution is 2.23. The number of ether oxygens (including phenoxy) is 1. The summed E-state index contributed by atoms with van der Waals surface area (Å²) in [5, 5.41) is 5.94. The molecular formula is C21H21ClN2O4. The quantitative estimate of drug-likeness (QED) is 0.700. The largest absolute Gasteiger partial charge is 0.446 e. The summed E-state index contributed by atoms with van der Waals surface area (Å²) >= 11 is 5.81. The van der Waals surface area contributed by atoms with Crippen molar-refractivity contribution in [3.63, 3.8) is 0 Å². The van der Waals surface area contributed by atoms with Crippen LogP contribution >= 0.6 is 11.6 Å². The van der Waals surface area contributed by atoms with Crippen molar-refractivity contribution in [3.8, 4) is 0 Å². The number of halogens is 1. The highest BCUT2D eigenvalue weighted by Gasteiger charge is 2.32. The number of hydrogen-bond acceptors (Lipinski definition) is 4. The first-order valence-corrected chi connectivity index (χ1v) is 9.44. The van der Waals surface area contributed by atoms with Crippen LogP contribution in [0.2, 0.25) is 5.02 Å². The fourth-order valence-electron chi connectivity index (χ4n) is 2.56. The van der Waals surface area contributed by atoms with Crippen molar-refractivity contribution in [1.29, 1.82) is 0 Å². The Morgan fingerprint density at radius 3 is 2.29 bits per heavy atom. The zero-order valence-corrected chi connectivity index (χ0v) is 16.1. The first-order valence-electron chi connectivity index (χ1n) is 9.06. The molecule has 1 saturated carbocycles. The molecule has 2 aromatic rings. The lowest BCUT2D eigenvalue weighted by atomic mass is 10.1. The van der Waals surface area contributed by atoms with Crippen LogP contribution < -0.4 is 10.6 Å². The Morgan fingerprint density at radius 2 is 1.68 bits per heavy atom. The van der Waals surface area contributed by atoms with Crippen LogP contribution in [0.4, 0.5) is 0 Å². The van der Waals surface area contributed by atoms with Gasteiger partial charge in [-0.25, -0.2) is 4.79 Å². The molecule has 1 aliphatic rings. The molecule has 1 aliphatic carbocycles. The molecule has 1 fully saturated rings. The average molecular weight is 401 g/mol. The van der Waals surface area contributed by atoms with E-state index >= 15 is 0 Å². The van der Waals surface area contributed by atoms with Gasteiger partial charge < -0.3 is 15.4 Å². The standard InChI is InChI=1S/C21H21ClN2O4/c1-13(23-19(25)15-7-9-16(22)10-8-15)21(27)28-18(14-5-3-2-4-6-14)20(26)24-17-11-12-17/h2-10,13,17-18H,11-12H2,1H3,(H,23,25)(H,24,26)/t13-,18+/m0/s1. The highest BCUT2D eigenvalue weighted by atomic mass is 35.5. The maximum Gasteiger partial charge on any atom is 0.329 e. The molecule has 2 aromatic carbocycles. The van der Waals surface area contributed by atoms with Crippen LogP contribution in [0.15, 0.2) is 54.6 Å². The van der Waals surface area contributed by atoms with Gasteiger partial charge in [0.25, 0.3) is 11.8 Å². The van der Waals surface area contributed by atoms with Gasteiger partial charge in [-0.1, -0.05) is 41.9 Å². The number of nitrogens with one attached hydrogen (secondary N) is 2. The minimum atomic E-state index is -1.07. The molecule has 0 aliphatic heterocycles. The first-order chi connectivity index (χ1) is 13.4.